The first kappa shape index (κ1) is 32.1. The second-order valence-corrected chi connectivity index (χ2v) is 16.5. The van der Waals surface area contributed by atoms with E-state index in [4.69, 9.17) is 35.3 Å². The third kappa shape index (κ3) is 9.89. The molecule has 0 aliphatic rings. The minimum atomic E-state index is -1.14. The number of carbonyl (C=O) groups excluding carboxylic acids is 2. The van der Waals surface area contributed by atoms with Crippen LogP contribution in [-0.2, 0) is 14.2 Å². The summed E-state index contributed by atoms with van der Waals surface area (Å²) in [7, 11) is 0.367. The van der Waals surface area contributed by atoms with Crippen molar-refractivity contribution in [3.63, 3.8) is 0 Å². The molecule has 2 aromatic carbocycles. The molecule has 3 rings (SSSR count). The standard InChI is InChI=1S/C29H38ClN3O7Si/c1-7-38-29(35)24-17-33(23-11-8-21(30)9-12-23)32-27(24)28(34)31-22-10-13-25(26(16-22)36-3)39-18-20(2)40-19-37-14-15-41(4,5)6/h8-13,16-17,20H,7,14-15,18-19H2,1-6H3,(H,31,34). The number of benzene rings is 2. The molecule has 222 valence electrons. The Morgan fingerprint density at radius 1 is 1.10 bits per heavy atom. The van der Waals surface area contributed by atoms with Gasteiger partial charge in [0.1, 0.15) is 19.0 Å². The summed E-state index contributed by atoms with van der Waals surface area (Å²) in [6, 6.07) is 12.9. The maximum absolute atomic E-state index is 13.2. The highest BCUT2D eigenvalue weighted by Gasteiger charge is 2.24. The van der Waals surface area contributed by atoms with E-state index in [9.17, 15) is 9.59 Å². The lowest BCUT2D eigenvalue weighted by molar-refractivity contribution is -0.0905. The van der Waals surface area contributed by atoms with Crippen LogP contribution >= 0.6 is 11.6 Å². The summed E-state index contributed by atoms with van der Waals surface area (Å²) in [5, 5.41) is 7.67. The molecule has 1 heterocycles. The lowest BCUT2D eigenvalue weighted by Crippen LogP contribution is -2.23. The molecule has 1 amide bonds. The quantitative estimate of drug-likeness (QED) is 0.0966. The second kappa shape index (κ2) is 15.0. The predicted molar refractivity (Wildman–Crippen MR) is 160 cm³/mol. The average Bonchev–Trinajstić information content (AvgIpc) is 3.38. The van der Waals surface area contributed by atoms with Gasteiger partial charge in [0.25, 0.3) is 5.91 Å². The SMILES string of the molecule is CCOC(=O)c1cn(-c2ccc(Cl)cc2)nc1C(=O)Nc1ccc(OCC(C)OCOCC[Si](C)(C)C)c(OC)c1. The maximum atomic E-state index is 13.2. The number of aromatic nitrogens is 2. The van der Waals surface area contributed by atoms with Crippen LogP contribution in [0.25, 0.3) is 5.69 Å². The lowest BCUT2D eigenvalue weighted by atomic mass is 10.2. The number of nitrogens with one attached hydrogen (secondary N) is 1. The van der Waals surface area contributed by atoms with Gasteiger partial charge in [0, 0.05) is 37.7 Å². The summed E-state index contributed by atoms with van der Waals surface area (Å²) in [6.07, 6.45) is 1.25. The van der Waals surface area contributed by atoms with Crippen molar-refractivity contribution in [2.75, 3.05) is 39.0 Å². The Labute approximate surface area is 246 Å². The van der Waals surface area contributed by atoms with Crippen molar-refractivity contribution in [1.82, 2.24) is 9.78 Å². The Kier molecular flexibility index (Phi) is 11.8. The molecule has 0 aliphatic heterocycles. The molecule has 0 aliphatic carbocycles. The van der Waals surface area contributed by atoms with Gasteiger partial charge >= 0.3 is 5.97 Å². The highest BCUT2D eigenvalue weighted by atomic mass is 35.5. The molecule has 1 atom stereocenters. The van der Waals surface area contributed by atoms with Gasteiger partial charge in [-0.25, -0.2) is 9.48 Å². The summed E-state index contributed by atoms with van der Waals surface area (Å²) >= 11 is 5.98. The van der Waals surface area contributed by atoms with Gasteiger partial charge in [-0.2, -0.15) is 5.10 Å². The first-order valence-electron chi connectivity index (χ1n) is 13.3. The molecule has 1 aromatic heterocycles. The number of esters is 1. The number of amides is 1. The first-order chi connectivity index (χ1) is 19.5. The number of hydrogen-bond acceptors (Lipinski definition) is 8. The fourth-order valence-corrected chi connectivity index (χ4v) is 4.42. The van der Waals surface area contributed by atoms with Gasteiger partial charge in [-0.05, 0) is 56.3 Å². The molecule has 12 heteroatoms. The van der Waals surface area contributed by atoms with E-state index in [2.05, 4.69) is 30.1 Å². The molecule has 0 spiro atoms. The number of nitrogens with zero attached hydrogens (tertiary/aromatic N) is 2. The Morgan fingerprint density at radius 3 is 2.49 bits per heavy atom. The van der Waals surface area contributed by atoms with E-state index in [1.807, 2.05) is 6.92 Å². The van der Waals surface area contributed by atoms with E-state index in [1.165, 1.54) is 18.0 Å². The number of anilines is 1. The van der Waals surface area contributed by atoms with Crippen molar-refractivity contribution in [3.05, 3.63) is 64.9 Å². The lowest BCUT2D eigenvalue weighted by Gasteiger charge is -2.18. The van der Waals surface area contributed by atoms with Crippen LogP contribution in [0, 0.1) is 0 Å². The van der Waals surface area contributed by atoms with Crippen molar-refractivity contribution < 1.29 is 33.3 Å². The van der Waals surface area contributed by atoms with Crippen LogP contribution in [0.4, 0.5) is 5.69 Å². The molecule has 1 unspecified atom stereocenters. The number of hydrogen-bond donors (Lipinski definition) is 1. The molecule has 0 saturated heterocycles. The van der Waals surface area contributed by atoms with E-state index < -0.39 is 20.0 Å². The molecule has 1 N–H and O–H groups in total. The van der Waals surface area contributed by atoms with E-state index >= 15 is 0 Å². The Bertz CT molecular complexity index is 1310. The minimum Gasteiger partial charge on any atom is -0.493 e. The Hall–Kier alpha value is -3.38. The van der Waals surface area contributed by atoms with Crippen molar-refractivity contribution in [1.29, 1.82) is 0 Å². The third-order valence-corrected chi connectivity index (χ3v) is 7.80. The van der Waals surface area contributed by atoms with Crippen LogP contribution in [0.2, 0.25) is 30.7 Å². The molecule has 41 heavy (non-hydrogen) atoms. The van der Waals surface area contributed by atoms with Gasteiger partial charge in [-0.15, -0.1) is 0 Å². The fourth-order valence-electron chi connectivity index (χ4n) is 3.54. The molecule has 3 aromatic rings. The van der Waals surface area contributed by atoms with Crippen molar-refractivity contribution in [3.8, 4) is 17.2 Å². The van der Waals surface area contributed by atoms with Crippen molar-refractivity contribution in [2.24, 2.45) is 0 Å². The fraction of sp³-hybridized carbons (Fsp3) is 0.414. The summed E-state index contributed by atoms with van der Waals surface area (Å²) < 4.78 is 29.2. The summed E-state index contributed by atoms with van der Waals surface area (Å²) in [4.78, 5) is 25.8. The van der Waals surface area contributed by atoms with Gasteiger partial charge in [0.2, 0.25) is 0 Å². The average molecular weight is 604 g/mol. The highest BCUT2D eigenvalue weighted by molar-refractivity contribution is 6.76. The zero-order valence-electron chi connectivity index (χ0n) is 24.4. The number of halogens is 1. The summed E-state index contributed by atoms with van der Waals surface area (Å²) in [6.45, 7) is 11.8. The Morgan fingerprint density at radius 2 is 1.83 bits per heavy atom. The second-order valence-electron chi connectivity index (χ2n) is 10.5. The number of rotatable bonds is 15. The minimum absolute atomic E-state index is 0.0321. The van der Waals surface area contributed by atoms with E-state index in [0.717, 1.165) is 6.04 Å². The molecular formula is C29H38ClN3O7Si. The van der Waals surface area contributed by atoms with Gasteiger partial charge in [0.15, 0.2) is 17.2 Å². The first-order valence-corrected chi connectivity index (χ1v) is 17.4. The number of ether oxygens (including phenoxy) is 5. The van der Waals surface area contributed by atoms with Crippen molar-refractivity contribution >= 4 is 37.2 Å². The monoisotopic (exact) mass is 603 g/mol. The van der Waals surface area contributed by atoms with Crippen LogP contribution in [0.1, 0.15) is 34.7 Å². The molecule has 0 radical (unpaired) electrons. The smallest absolute Gasteiger partial charge is 0.342 e. The molecule has 0 fully saturated rings. The van der Waals surface area contributed by atoms with Crippen LogP contribution in [0.3, 0.4) is 0 Å². The van der Waals surface area contributed by atoms with E-state index in [0.29, 0.717) is 34.5 Å². The summed E-state index contributed by atoms with van der Waals surface area (Å²) in [5.41, 5.74) is 0.994. The van der Waals surface area contributed by atoms with Crippen LogP contribution < -0.4 is 14.8 Å². The van der Waals surface area contributed by atoms with Crippen LogP contribution in [0.5, 0.6) is 11.5 Å². The topological polar surface area (TPSA) is 110 Å². The largest absolute Gasteiger partial charge is 0.493 e. The molecule has 0 saturated carbocycles. The van der Waals surface area contributed by atoms with Gasteiger partial charge in [-0.1, -0.05) is 31.2 Å². The van der Waals surface area contributed by atoms with E-state index in [-0.39, 0.29) is 37.4 Å². The highest BCUT2D eigenvalue weighted by Crippen LogP contribution is 2.31. The van der Waals surface area contributed by atoms with Gasteiger partial charge in [0.05, 0.1) is 25.5 Å². The van der Waals surface area contributed by atoms with Gasteiger partial charge < -0.3 is 29.0 Å². The molecule has 0 bridgehead atoms. The van der Waals surface area contributed by atoms with Gasteiger partial charge in [-0.3, -0.25) is 4.79 Å². The summed E-state index contributed by atoms with van der Waals surface area (Å²) in [5.74, 6) is -0.344. The molecular weight excluding hydrogens is 566 g/mol. The van der Waals surface area contributed by atoms with E-state index in [1.54, 1.807) is 49.4 Å². The maximum Gasteiger partial charge on any atom is 0.342 e. The van der Waals surface area contributed by atoms with Crippen LogP contribution in [0.15, 0.2) is 48.7 Å². The normalized spacial score (nSPS) is 12.1. The number of methoxy groups -OCH3 is 1. The van der Waals surface area contributed by atoms with Crippen molar-refractivity contribution in [2.45, 2.75) is 45.6 Å². The molecule has 10 nitrogen and oxygen atoms in total. The third-order valence-electron chi connectivity index (χ3n) is 5.84. The zero-order valence-corrected chi connectivity index (χ0v) is 26.1. The number of carbonyl (C=O) groups is 2. The zero-order chi connectivity index (χ0) is 30.0. The predicted octanol–water partition coefficient (Wildman–Crippen LogP) is 6.06. The Balaban J connectivity index is 1.65. The van der Waals surface area contributed by atoms with Crippen LogP contribution in [-0.4, -0.2) is 69.6 Å².